The third-order valence-corrected chi connectivity index (χ3v) is 5.76. The van der Waals surface area contributed by atoms with Gasteiger partial charge in [0, 0.05) is 12.2 Å². The van der Waals surface area contributed by atoms with Crippen LogP contribution < -0.4 is 0 Å². The molecule has 0 amide bonds. The van der Waals surface area contributed by atoms with Crippen LogP contribution in [0.15, 0.2) is 0 Å². The molecular formula is C22H44OS. The standard InChI is InChI=1S/C22H44OS/c1-3-5-7-9-11-12-13-14-15-16-18-20-22(23)24-21-19-17-10-8-6-4-2/h3-21H2,1-2H3. The molecule has 0 aliphatic rings. The van der Waals surface area contributed by atoms with Gasteiger partial charge in [0.05, 0.1) is 0 Å². The minimum Gasteiger partial charge on any atom is -0.287 e. The van der Waals surface area contributed by atoms with E-state index in [-0.39, 0.29) is 0 Å². The SMILES string of the molecule is CCCCCCCCCCCCCC(=O)SCCCCCCCC. The average molecular weight is 357 g/mol. The van der Waals surface area contributed by atoms with E-state index in [4.69, 9.17) is 0 Å². The summed E-state index contributed by atoms with van der Waals surface area (Å²) in [5.41, 5.74) is 0. The molecule has 0 aliphatic carbocycles. The Balaban J connectivity index is 3.12. The number of carbonyl (C=O) groups excluding carboxylic acids is 1. The second-order valence-corrected chi connectivity index (χ2v) is 8.43. The first-order valence-corrected chi connectivity index (χ1v) is 12.0. The molecule has 0 bridgehead atoms. The highest BCUT2D eigenvalue weighted by Crippen LogP contribution is 2.15. The summed E-state index contributed by atoms with van der Waals surface area (Å²) in [5, 5.41) is 0.430. The van der Waals surface area contributed by atoms with Crippen LogP contribution in [0.4, 0.5) is 0 Å². The van der Waals surface area contributed by atoms with Crippen LogP contribution in [0.1, 0.15) is 129 Å². The smallest absolute Gasteiger partial charge is 0.188 e. The Labute approximate surface area is 157 Å². The van der Waals surface area contributed by atoms with E-state index >= 15 is 0 Å². The summed E-state index contributed by atoms with van der Waals surface area (Å²) in [6.45, 7) is 4.53. The van der Waals surface area contributed by atoms with Crippen molar-refractivity contribution in [2.75, 3.05) is 5.75 Å². The van der Waals surface area contributed by atoms with E-state index in [0.717, 1.165) is 18.6 Å². The first kappa shape index (κ1) is 24.0. The minimum atomic E-state index is 0.430. The van der Waals surface area contributed by atoms with Crippen LogP contribution in [0, 0.1) is 0 Å². The van der Waals surface area contributed by atoms with Gasteiger partial charge in [-0.1, -0.05) is 122 Å². The van der Waals surface area contributed by atoms with Crippen molar-refractivity contribution in [3.8, 4) is 0 Å². The van der Waals surface area contributed by atoms with Gasteiger partial charge < -0.3 is 0 Å². The van der Waals surface area contributed by atoms with Gasteiger partial charge in [-0.05, 0) is 12.8 Å². The van der Waals surface area contributed by atoms with Gasteiger partial charge in [-0.25, -0.2) is 0 Å². The van der Waals surface area contributed by atoms with Crippen molar-refractivity contribution in [3.05, 3.63) is 0 Å². The molecule has 0 N–H and O–H groups in total. The molecule has 0 unspecified atom stereocenters. The second-order valence-electron chi connectivity index (χ2n) is 7.27. The Kier molecular flexibility index (Phi) is 21.1. The van der Waals surface area contributed by atoms with Gasteiger partial charge in [-0.15, -0.1) is 0 Å². The van der Waals surface area contributed by atoms with Crippen molar-refractivity contribution in [3.63, 3.8) is 0 Å². The van der Waals surface area contributed by atoms with Crippen molar-refractivity contribution in [1.82, 2.24) is 0 Å². The van der Waals surface area contributed by atoms with Gasteiger partial charge in [-0.2, -0.15) is 0 Å². The van der Waals surface area contributed by atoms with Gasteiger partial charge in [0.25, 0.3) is 0 Å². The van der Waals surface area contributed by atoms with Gasteiger partial charge in [0.1, 0.15) is 0 Å². The maximum atomic E-state index is 11.8. The highest BCUT2D eigenvalue weighted by Gasteiger charge is 2.02. The third kappa shape index (κ3) is 20.1. The highest BCUT2D eigenvalue weighted by molar-refractivity contribution is 8.13. The molecule has 144 valence electrons. The zero-order valence-electron chi connectivity index (χ0n) is 16.8. The molecule has 0 fully saturated rings. The summed E-state index contributed by atoms with van der Waals surface area (Å²) in [7, 11) is 0. The maximum Gasteiger partial charge on any atom is 0.188 e. The van der Waals surface area contributed by atoms with Crippen LogP contribution in [-0.2, 0) is 4.79 Å². The topological polar surface area (TPSA) is 17.1 Å². The number of hydrogen-bond donors (Lipinski definition) is 0. The van der Waals surface area contributed by atoms with E-state index in [2.05, 4.69) is 13.8 Å². The summed E-state index contributed by atoms with van der Waals surface area (Å²) < 4.78 is 0. The summed E-state index contributed by atoms with van der Waals surface area (Å²) >= 11 is 1.58. The van der Waals surface area contributed by atoms with Crippen LogP contribution in [0.5, 0.6) is 0 Å². The molecule has 0 heterocycles. The predicted molar refractivity (Wildman–Crippen MR) is 112 cm³/mol. The van der Waals surface area contributed by atoms with Crippen molar-refractivity contribution in [2.24, 2.45) is 0 Å². The molecule has 0 aromatic heterocycles. The summed E-state index contributed by atoms with van der Waals surface area (Å²) in [6.07, 6.45) is 23.6. The Morgan fingerprint density at radius 2 is 0.917 bits per heavy atom. The fraction of sp³-hybridized carbons (Fsp3) is 0.955. The molecule has 2 heteroatoms. The van der Waals surface area contributed by atoms with Crippen LogP contribution in [0.25, 0.3) is 0 Å². The van der Waals surface area contributed by atoms with Crippen LogP contribution in [0.2, 0.25) is 0 Å². The maximum absolute atomic E-state index is 11.8. The van der Waals surface area contributed by atoms with Crippen molar-refractivity contribution < 1.29 is 4.79 Å². The number of rotatable bonds is 19. The monoisotopic (exact) mass is 356 g/mol. The van der Waals surface area contributed by atoms with Crippen LogP contribution in [0.3, 0.4) is 0 Å². The molecule has 24 heavy (non-hydrogen) atoms. The van der Waals surface area contributed by atoms with E-state index in [0.29, 0.717) is 5.12 Å². The minimum absolute atomic E-state index is 0.430. The van der Waals surface area contributed by atoms with Gasteiger partial charge in [0.2, 0.25) is 0 Å². The third-order valence-electron chi connectivity index (χ3n) is 4.75. The highest BCUT2D eigenvalue weighted by atomic mass is 32.2. The first-order valence-electron chi connectivity index (χ1n) is 11.0. The number of unbranched alkanes of at least 4 members (excludes halogenated alkanes) is 15. The predicted octanol–water partition coefficient (Wildman–Crippen LogP) is 8.31. The lowest BCUT2D eigenvalue weighted by molar-refractivity contribution is -0.111. The van der Waals surface area contributed by atoms with Gasteiger partial charge in [0.15, 0.2) is 5.12 Å². The molecule has 0 saturated carbocycles. The fourth-order valence-corrected chi connectivity index (χ4v) is 3.94. The van der Waals surface area contributed by atoms with E-state index in [1.807, 2.05) is 0 Å². The molecule has 0 aromatic rings. The molecule has 0 spiro atoms. The molecule has 0 rings (SSSR count). The number of hydrogen-bond acceptors (Lipinski definition) is 2. The van der Waals surface area contributed by atoms with Crippen molar-refractivity contribution >= 4 is 16.9 Å². The lowest BCUT2D eigenvalue weighted by Crippen LogP contribution is -1.94. The normalized spacial score (nSPS) is 11.1. The molecule has 1 nitrogen and oxygen atoms in total. The Morgan fingerprint density at radius 1 is 0.542 bits per heavy atom. The molecule has 0 atom stereocenters. The largest absolute Gasteiger partial charge is 0.287 e. The fourth-order valence-electron chi connectivity index (χ4n) is 3.07. The second kappa shape index (κ2) is 21.1. The average Bonchev–Trinajstić information content (AvgIpc) is 2.59. The molecule has 0 radical (unpaired) electrons. The Morgan fingerprint density at radius 3 is 1.38 bits per heavy atom. The van der Waals surface area contributed by atoms with Crippen LogP contribution in [-0.4, -0.2) is 10.9 Å². The van der Waals surface area contributed by atoms with Crippen molar-refractivity contribution in [2.45, 2.75) is 129 Å². The molecule has 0 saturated heterocycles. The summed E-state index contributed by atoms with van der Waals surface area (Å²) in [6, 6.07) is 0. The molecular weight excluding hydrogens is 312 g/mol. The molecule has 0 aliphatic heterocycles. The van der Waals surface area contributed by atoms with Gasteiger partial charge >= 0.3 is 0 Å². The van der Waals surface area contributed by atoms with Crippen molar-refractivity contribution in [1.29, 1.82) is 0 Å². The zero-order chi connectivity index (χ0) is 17.7. The summed E-state index contributed by atoms with van der Waals surface area (Å²) in [4.78, 5) is 11.8. The summed E-state index contributed by atoms with van der Waals surface area (Å²) in [5.74, 6) is 1.04. The molecule has 0 aromatic carbocycles. The van der Waals surface area contributed by atoms with Gasteiger partial charge in [-0.3, -0.25) is 4.79 Å². The zero-order valence-corrected chi connectivity index (χ0v) is 17.6. The van der Waals surface area contributed by atoms with E-state index < -0.39 is 0 Å². The first-order chi connectivity index (χ1) is 11.8. The lowest BCUT2D eigenvalue weighted by Gasteiger charge is -2.03. The van der Waals surface area contributed by atoms with E-state index in [9.17, 15) is 4.79 Å². The quantitative estimate of drug-likeness (QED) is 0.216. The number of thioether (sulfide) groups is 1. The Hall–Kier alpha value is 0.0200. The Bertz CT molecular complexity index is 252. The van der Waals surface area contributed by atoms with E-state index in [1.165, 1.54) is 103 Å². The lowest BCUT2D eigenvalue weighted by atomic mass is 10.1. The van der Waals surface area contributed by atoms with Crippen LogP contribution >= 0.6 is 11.8 Å². The van der Waals surface area contributed by atoms with E-state index in [1.54, 1.807) is 11.8 Å². The number of carbonyl (C=O) groups is 1.